The van der Waals surface area contributed by atoms with Crippen molar-refractivity contribution in [3.8, 4) is 5.75 Å². The molecule has 1 aromatic heterocycles. The summed E-state index contributed by atoms with van der Waals surface area (Å²) in [6, 6.07) is 11.9. The number of morpholine rings is 1. The molecule has 1 aliphatic rings. The number of aryl methyl sites for hydroxylation is 2. The second kappa shape index (κ2) is 11.1. The Hall–Kier alpha value is -2.19. The summed E-state index contributed by atoms with van der Waals surface area (Å²) in [5.41, 5.74) is 3.59. The fourth-order valence-corrected chi connectivity index (χ4v) is 4.77. The minimum atomic E-state index is -0.00789. The first-order valence-electron chi connectivity index (χ1n) is 10.8. The first kappa shape index (κ1) is 24.5. The zero-order valence-corrected chi connectivity index (χ0v) is 20.4. The lowest BCUT2D eigenvalue weighted by Crippen LogP contribution is -2.43. The van der Waals surface area contributed by atoms with Gasteiger partial charge < -0.3 is 9.47 Å². The Morgan fingerprint density at radius 3 is 2.75 bits per heavy atom. The molecule has 2 heterocycles. The Balaban J connectivity index is 0.00000289. The third-order valence-electron chi connectivity index (χ3n) is 5.51. The van der Waals surface area contributed by atoms with E-state index in [2.05, 4.69) is 4.90 Å². The van der Waals surface area contributed by atoms with Crippen LogP contribution in [0.25, 0.3) is 10.2 Å². The van der Waals surface area contributed by atoms with Crippen molar-refractivity contribution in [2.75, 3.05) is 50.9 Å². The number of halogens is 1. The molecule has 1 aliphatic heterocycles. The summed E-state index contributed by atoms with van der Waals surface area (Å²) in [4.78, 5) is 22.7. The Labute approximate surface area is 199 Å². The number of carbonyl (C=O) groups is 1. The zero-order valence-electron chi connectivity index (χ0n) is 18.8. The Kier molecular flexibility index (Phi) is 8.48. The van der Waals surface area contributed by atoms with Gasteiger partial charge in [0, 0.05) is 31.7 Å². The van der Waals surface area contributed by atoms with E-state index in [1.54, 1.807) is 0 Å². The highest BCUT2D eigenvalue weighted by molar-refractivity contribution is 7.22. The van der Waals surface area contributed by atoms with E-state index in [0.29, 0.717) is 18.3 Å². The average molecular weight is 476 g/mol. The van der Waals surface area contributed by atoms with E-state index in [1.165, 1.54) is 11.3 Å². The number of benzene rings is 2. The summed E-state index contributed by atoms with van der Waals surface area (Å²) < 4.78 is 12.3. The van der Waals surface area contributed by atoms with Gasteiger partial charge >= 0.3 is 0 Å². The number of aromatic nitrogens is 1. The summed E-state index contributed by atoms with van der Waals surface area (Å²) in [5, 5.41) is 0.710. The number of amides is 1. The van der Waals surface area contributed by atoms with E-state index >= 15 is 0 Å². The monoisotopic (exact) mass is 475 g/mol. The second-order valence-corrected chi connectivity index (χ2v) is 8.77. The molecule has 6 nitrogen and oxygen atoms in total. The van der Waals surface area contributed by atoms with Crippen molar-refractivity contribution in [1.82, 2.24) is 9.88 Å². The van der Waals surface area contributed by atoms with Gasteiger partial charge in [0.1, 0.15) is 11.3 Å². The number of anilines is 1. The van der Waals surface area contributed by atoms with Gasteiger partial charge in [-0.3, -0.25) is 14.6 Å². The molecule has 0 aliphatic carbocycles. The van der Waals surface area contributed by atoms with Crippen molar-refractivity contribution in [3.63, 3.8) is 0 Å². The first-order valence-corrected chi connectivity index (χ1v) is 11.6. The molecule has 0 N–H and O–H groups in total. The van der Waals surface area contributed by atoms with Gasteiger partial charge in [-0.15, -0.1) is 12.4 Å². The lowest BCUT2D eigenvalue weighted by Gasteiger charge is -2.29. The lowest BCUT2D eigenvalue weighted by atomic mass is 10.0. The van der Waals surface area contributed by atoms with Crippen molar-refractivity contribution in [2.24, 2.45) is 0 Å². The number of thiazole rings is 1. The zero-order chi connectivity index (χ0) is 21.8. The minimum absolute atomic E-state index is 0. The fraction of sp³-hybridized carbons (Fsp3) is 0.417. The Bertz CT molecular complexity index is 1070. The van der Waals surface area contributed by atoms with Gasteiger partial charge in [-0.25, -0.2) is 4.98 Å². The van der Waals surface area contributed by atoms with Crippen LogP contribution in [0.15, 0.2) is 36.4 Å². The molecule has 1 amide bonds. The van der Waals surface area contributed by atoms with Crippen LogP contribution in [0.1, 0.15) is 28.4 Å². The number of carbonyl (C=O) groups excluding carboxylic acids is 1. The molecule has 0 spiro atoms. The number of nitrogens with zero attached hydrogens (tertiary/aromatic N) is 3. The van der Waals surface area contributed by atoms with E-state index in [9.17, 15) is 4.79 Å². The highest BCUT2D eigenvalue weighted by Crippen LogP contribution is 2.35. The van der Waals surface area contributed by atoms with Crippen LogP contribution in [0.2, 0.25) is 0 Å². The van der Waals surface area contributed by atoms with E-state index < -0.39 is 0 Å². The van der Waals surface area contributed by atoms with Crippen molar-refractivity contribution in [2.45, 2.75) is 20.8 Å². The normalized spacial score (nSPS) is 14.2. The van der Waals surface area contributed by atoms with Gasteiger partial charge in [0.15, 0.2) is 5.13 Å². The minimum Gasteiger partial charge on any atom is -0.492 e. The number of hydrogen-bond acceptors (Lipinski definition) is 6. The number of ether oxygens (including phenoxy) is 2. The molecular weight excluding hydrogens is 446 g/mol. The van der Waals surface area contributed by atoms with Crippen LogP contribution in [0.4, 0.5) is 5.13 Å². The molecule has 32 heavy (non-hydrogen) atoms. The Morgan fingerprint density at radius 2 is 2.00 bits per heavy atom. The average Bonchev–Trinajstić information content (AvgIpc) is 3.21. The highest BCUT2D eigenvalue weighted by atomic mass is 35.5. The number of fused-ring (bicyclic) bond motifs is 1. The van der Waals surface area contributed by atoms with Crippen molar-refractivity contribution >= 4 is 45.0 Å². The molecule has 1 fully saturated rings. The molecule has 172 valence electrons. The lowest BCUT2D eigenvalue weighted by molar-refractivity contribution is 0.0391. The summed E-state index contributed by atoms with van der Waals surface area (Å²) in [7, 11) is 0. The molecule has 0 radical (unpaired) electrons. The Morgan fingerprint density at radius 1 is 1.22 bits per heavy atom. The molecule has 4 rings (SSSR count). The number of hydrogen-bond donors (Lipinski definition) is 0. The van der Waals surface area contributed by atoms with E-state index in [1.807, 2.05) is 62.1 Å². The van der Waals surface area contributed by atoms with Crippen LogP contribution in [-0.4, -0.2) is 61.8 Å². The van der Waals surface area contributed by atoms with E-state index in [-0.39, 0.29) is 18.3 Å². The third-order valence-corrected chi connectivity index (χ3v) is 6.56. The van der Waals surface area contributed by atoms with Gasteiger partial charge in [0.05, 0.1) is 24.5 Å². The topological polar surface area (TPSA) is 54.9 Å². The standard InChI is InChI=1S/C24H29N3O3S.ClH/c1-4-30-20-6-5-7-21-22(20)25-24(31-21)27(11-10-26-12-14-29-15-13-26)23(28)19-16-17(2)8-9-18(19)3;/h5-9,16H,4,10-15H2,1-3H3;1H. The second-order valence-electron chi connectivity index (χ2n) is 7.76. The highest BCUT2D eigenvalue weighted by Gasteiger charge is 2.24. The van der Waals surface area contributed by atoms with Crippen molar-refractivity contribution in [1.29, 1.82) is 0 Å². The predicted molar refractivity (Wildman–Crippen MR) is 133 cm³/mol. The van der Waals surface area contributed by atoms with Crippen LogP contribution >= 0.6 is 23.7 Å². The molecule has 0 unspecified atom stereocenters. The number of rotatable bonds is 7. The molecule has 2 aromatic carbocycles. The largest absolute Gasteiger partial charge is 0.492 e. The van der Waals surface area contributed by atoms with Gasteiger partial charge in [-0.1, -0.05) is 35.1 Å². The quantitative estimate of drug-likeness (QED) is 0.495. The summed E-state index contributed by atoms with van der Waals surface area (Å²) in [6.07, 6.45) is 0. The van der Waals surface area contributed by atoms with E-state index in [4.69, 9.17) is 14.5 Å². The predicted octanol–water partition coefficient (Wildman–Crippen LogP) is 4.71. The maximum Gasteiger partial charge on any atom is 0.260 e. The van der Waals surface area contributed by atoms with Crippen LogP contribution in [0.5, 0.6) is 5.75 Å². The summed E-state index contributed by atoms with van der Waals surface area (Å²) in [6.45, 7) is 11.2. The van der Waals surface area contributed by atoms with Crippen LogP contribution in [0.3, 0.4) is 0 Å². The smallest absolute Gasteiger partial charge is 0.260 e. The van der Waals surface area contributed by atoms with Gasteiger partial charge in [0.2, 0.25) is 0 Å². The van der Waals surface area contributed by atoms with E-state index in [0.717, 1.165) is 65.5 Å². The molecule has 3 aromatic rings. The summed E-state index contributed by atoms with van der Waals surface area (Å²) in [5.74, 6) is 0.751. The van der Waals surface area contributed by atoms with Gasteiger partial charge in [-0.05, 0) is 44.5 Å². The summed E-state index contributed by atoms with van der Waals surface area (Å²) >= 11 is 1.54. The van der Waals surface area contributed by atoms with Crippen LogP contribution < -0.4 is 9.64 Å². The van der Waals surface area contributed by atoms with Crippen LogP contribution in [0, 0.1) is 13.8 Å². The molecular formula is C24H30ClN3O3S. The molecule has 1 saturated heterocycles. The third kappa shape index (κ3) is 5.41. The molecule has 0 bridgehead atoms. The first-order chi connectivity index (χ1) is 15.1. The SMILES string of the molecule is CCOc1cccc2sc(N(CCN3CCOCC3)C(=O)c3cc(C)ccc3C)nc12.Cl. The van der Waals surface area contributed by atoms with Crippen molar-refractivity contribution < 1.29 is 14.3 Å². The van der Waals surface area contributed by atoms with Crippen LogP contribution in [-0.2, 0) is 4.74 Å². The molecule has 0 atom stereocenters. The van der Waals surface area contributed by atoms with Crippen molar-refractivity contribution in [3.05, 3.63) is 53.1 Å². The molecule has 8 heteroatoms. The fourth-order valence-electron chi connectivity index (χ4n) is 3.76. The maximum absolute atomic E-state index is 13.7. The molecule has 0 saturated carbocycles. The van der Waals surface area contributed by atoms with Gasteiger partial charge in [-0.2, -0.15) is 0 Å². The van der Waals surface area contributed by atoms with Gasteiger partial charge in [0.25, 0.3) is 5.91 Å². The number of para-hydroxylation sites is 1. The maximum atomic E-state index is 13.7.